The van der Waals surface area contributed by atoms with Gasteiger partial charge in [-0.15, -0.1) is 0 Å². The van der Waals surface area contributed by atoms with E-state index >= 15 is 0 Å². The Labute approximate surface area is 329 Å². The minimum atomic E-state index is -0.137. The van der Waals surface area contributed by atoms with Crippen LogP contribution >= 0.6 is 21.6 Å². The van der Waals surface area contributed by atoms with Crippen LogP contribution in [0.3, 0.4) is 0 Å². The lowest BCUT2D eigenvalue weighted by atomic mass is 10.0. The van der Waals surface area contributed by atoms with Gasteiger partial charge in [0.25, 0.3) is 11.8 Å². The van der Waals surface area contributed by atoms with Gasteiger partial charge in [0.05, 0.1) is 11.1 Å². The highest BCUT2D eigenvalue weighted by atomic mass is 33.1. The molecule has 2 N–H and O–H groups in total. The second kappa shape index (κ2) is 22.6. The molecule has 0 unspecified atom stereocenters. The highest BCUT2D eigenvalue weighted by molar-refractivity contribution is 8.76. The predicted molar refractivity (Wildman–Crippen MR) is 225 cm³/mol. The molecule has 10 heteroatoms. The Bertz CT molecular complexity index is 1680. The minimum absolute atomic E-state index is 0.137. The number of benzene rings is 4. The number of Topliss-reactive ketones (excluding diaryl/α,β-unsaturated/α-hetero) is 2. The van der Waals surface area contributed by atoms with E-state index in [0.717, 1.165) is 70.8 Å². The molecule has 0 spiro atoms. The van der Waals surface area contributed by atoms with Crippen molar-refractivity contribution >= 4 is 56.3 Å². The number of unbranched alkanes of at least 4 members (excludes halogenated alkanes) is 4. The van der Waals surface area contributed by atoms with Crippen molar-refractivity contribution in [3.63, 3.8) is 0 Å². The van der Waals surface area contributed by atoms with Gasteiger partial charge in [-0.3, -0.25) is 19.2 Å². The number of ketones is 2. The maximum Gasteiger partial charge on any atom is 0.252 e. The number of carbonyl (C=O) groups excluding carboxylic acids is 4. The Morgan fingerprint density at radius 2 is 0.852 bits per heavy atom. The summed E-state index contributed by atoms with van der Waals surface area (Å²) >= 11 is 0. The molecule has 4 rings (SSSR count). The van der Waals surface area contributed by atoms with Gasteiger partial charge in [-0.1, -0.05) is 83.0 Å². The highest BCUT2D eigenvalue weighted by Crippen LogP contribution is 2.40. The molecule has 0 aromatic heterocycles. The van der Waals surface area contributed by atoms with E-state index < -0.39 is 0 Å². The summed E-state index contributed by atoms with van der Waals surface area (Å²) in [6.45, 7) is 1.08. The van der Waals surface area contributed by atoms with E-state index in [2.05, 4.69) is 10.6 Å². The fourth-order valence-electron chi connectivity index (χ4n) is 5.84. The summed E-state index contributed by atoms with van der Waals surface area (Å²) in [4.78, 5) is 56.9. The van der Waals surface area contributed by atoms with Gasteiger partial charge in [-0.05, 0) is 85.3 Å². The number of anilines is 2. The van der Waals surface area contributed by atoms with E-state index in [4.69, 9.17) is 0 Å². The maximum atomic E-state index is 13.1. The van der Waals surface area contributed by atoms with Crippen molar-refractivity contribution in [2.75, 3.05) is 51.1 Å². The first kappa shape index (κ1) is 42.2. The number of nitrogens with one attached hydrogen (secondary N) is 2. The number of nitrogens with zero attached hydrogens (tertiary/aromatic N) is 2. The average Bonchev–Trinajstić information content (AvgIpc) is 3.17. The summed E-state index contributed by atoms with van der Waals surface area (Å²) in [5, 5.41) is 6.07. The second-order valence-electron chi connectivity index (χ2n) is 13.8. The zero-order valence-electron chi connectivity index (χ0n) is 32.1. The molecule has 0 bridgehead atoms. The fourth-order valence-corrected chi connectivity index (χ4v) is 8.20. The molecule has 0 saturated carbocycles. The minimum Gasteiger partial charge on any atom is -0.378 e. The van der Waals surface area contributed by atoms with Gasteiger partial charge in [0.15, 0.2) is 0 Å². The van der Waals surface area contributed by atoms with Gasteiger partial charge < -0.3 is 20.4 Å². The van der Waals surface area contributed by atoms with Crippen molar-refractivity contribution in [3.8, 4) is 0 Å². The van der Waals surface area contributed by atoms with Gasteiger partial charge in [-0.25, -0.2) is 0 Å². The number of carbonyl (C=O) groups is 4. The molecule has 54 heavy (non-hydrogen) atoms. The predicted octanol–water partition coefficient (Wildman–Crippen LogP) is 8.82. The molecule has 2 amide bonds. The molecule has 0 fully saturated rings. The first-order chi connectivity index (χ1) is 26.1. The van der Waals surface area contributed by atoms with Crippen molar-refractivity contribution < 1.29 is 19.2 Å². The SMILES string of the molecule is CN(C)c1ccc(CC(=O)CCCCCNC(=O)c2ccccc2SSc2ccccc2C(=O)NCCCCCC(=O)Cc2ccc(N(C)C)cc2)cc1. The van der Waals surface area contributed by atoms with Crippen molar-refractivity contribution in [1.29, 1.82) is 0 Å². The monoisotopic (exact) mass is 766 g/mol. The average molecular weight is 767 g/mol. The molecule has 0 radical (unpaired) electrons. The summed E-state index contributed by atoms with van der Waals surface area (Å²) in [7, 11) is 10.9. The number of amides is 2. The molecule has 4 aromatic rings. The first-order valence-electron chi connectivity index (χ1n) is 18.8. The third-order valence-corrected chi connectivity index (χ3v) is 11.5. The van der Waals surface area contributed by atoms with Crippen LogP contribution in [0.15, 0.2) is 107 Å². The Hall–Kier alpha value is -4.54. The molecule has 0 aliphatic rings. The van der Waals surface area contributed by atoms with Crippen LogP contribution in [-0.2, 0) is 22.4 Å². The number of rotatable bonds is 23. The van der Waals surface area contributed by atoms with Gasteiger partial charge >= 0.3 is 0 Å². The van der Waals surface area contributed by atoms with Crippen molar-refractivity contribution in [1.82, 2.24) is 10.6 Å². The largest absolute Gasteiger partial charge is 0.378 e. The molecule has 0 atom stereocenters. The van der Waals surface area contributed by atoms with Crippen LogP contribution in [0.25, 0.3) is 0 Å². The normalized spacial score (nSPS) is 10.8. The molecule has 0 saturated heterocycles. The number of hydrogen-bond donors (Lipinski definition) is 2. The maximum absolute atomic E-state index is 13.1. The van der Waals surface area contributed by atoms with Crippen molar-refractivity contribution in [2.24, 2.45) is 0 Å². The molecular weight excluding hydrogens is 713 g/mol. The second-order valence-corrected chi connectivity index (χ2v) is 16.1. The van der Waals surface area contributed by atoms with Gasteiger partial charge in [0.2, 0.25) is 0 Å². The molecule has 0 aliphatic heterocycles. The molecular formula is C44H54N4O4S2. The van der Waals surface area contributed by atoms with Crippen LogP contribution in [0.1, 0.15) is 83.2 Å². The van der Waals surface area contributed by atoms with Crippen molar-refractivity contribution in [2.45, 2.75) is 74.0 Å². The summed E-state index contributed by atoms with van der Waals surface area (Å²) in [5.74, 6) is 0.195. The molecule has 4 aromatic carbocycles. The highest BCUT2D eigenvalue weighted by Gasteiger charge is 2.15. The third-order valence-electron chi connectivity index (χ3n) is 9.03. The lowest BCUT2D eigenvalue weighted by Gasteiger charge is -2.12. The zero-order chi connectivity index (χ0) is 38.7. The lowest BCUT2D eigenvalue weighted by Crippen LogP contribution is -2.25. The number of hydrogen-bond acceptors (Lipinski definition) is 8. The summed E-state index contributed by atoms with van der Waals surface area (Å²) in [6, 6.07) is 31.2. The van der Waals surface area contributed by atoms with Gasteiger partial charge in [0, 0.05) is 88.1 Å². The van der Waals surface area contributed by atoms with Gasteiger partial charge in [0.1, 0.15) is 11.6 Å². The Morgan fingerprint density at radius 3 is 1.22 bits per heavy atom. The zero-order valence-corrected chi connectivity index (χ0v) is 33.7. The third kappa shape index (κ3) is 14.4. The topological polar surface area (TPSA) is 98.8 Å². The Kier molecular flexibility index (Phi) is 17.7. The fraction of sp³-hybridized carbons (Fsp3) is 0.364. The lowest BCUT2D eigenvalue weighted by molar-refractivity contribution is -0.119. The van der Waals surface area contributed by atoms with E-state index in [1.165, 1.54) is 21.6 Å². The van der Waals surface area contributed by atoms with Gasteiger partial charge in [-0.2, -0.15) is 0 Å². The van der Waals surface area contributed by atoms with E-state index in [-0.39, 0.29) is 23.4 Å². The standard InChI is InChI=1S/C44H54N4O4S2/c1-47(2)35-25-21-33(22-26-35)31-37(49)15-7-5-13-29-45-43(51)39-17-9-11-19-41(39)53-54-42-20-12-10-18-40(42)44(52)46-30-14-6-8-16-38(50)32-34-23-27-36(28-24-34)48(3)4/h9-12,17-28H,5-8,13-16,29-32H2,1-4H3,(H,45,51)(H,46,52). The Balaban J connectivity index is 1.13. The van der Waals surface area contributed by atoms with Crippen LogP contribution in [0.2, 0.25) is 0 Å². The van der Waals surface area contributed by atoms with E-state index in [9.17, 15) is 19.2 Å². The van der Waals surface area contributed by atoms with Crippen molar-refractivity contribution in [3.05, 3.63) is 119 Å². The van der Waals surface area contributed by atoms with E-state index in [0.29, 0.717) is 49.9 Å². The molecule has 286 valence electrons. The smallest absolute Gasteiger partial charge is 0.252 e. The molecule has 0 aliphatic carbocycles. The van der Waals surface area contributed by atoms with Crippen LogP contribution in [0.5, 0.6) is 0 Å². The molecule has 0 heterocycles. The van der Waals surface area contributed by atoms with E-state index in [1.807, 2.05) is 135 Å². The van der Waals surface area contributed by atoms with E-state index in [1.54, 1.807) is 0 Å². The molecule has 8 nitrogen and oxygen atoms in total. The van der Waals surface area contributed by atoms with Crippen LogP contribution in [0.4, 0.5) is 11.4 Å². The Morgan fingerprint density at radius 1 is 0.481 bits per heavy atom. The summed E-state index contributed by atoms with van der Waals surface area (Å²) in [5.41, 5.74) is 5.47. The quantitative estimate of drug-likeness (QED) is 0.0571. The van der Waals surface area contributed by atoms with Crippen LogP contribution in [-0.4, -0.2) is 64.7 Å². The van der Waals surface area contributed by atoms with Crippen LogP contribution in [0, 0.1) is 0 Å². The first-order valence-corrected chi connectivity index (χ1v) is 20.9. The summed E-state index contributed by atoms with van der Waals surface area (Å²) in [6.07, 6.45) is 6.90. The summed E-state index contributed by atoms with van der Waals surface area (Å²) < 4.78 is 0. The van der Waals surface area contributed by atoms with Crippen LogP contribution < -0.4 is 20.4 Å².